The van der Waals surface area contributed by atoms with Gasteiger partial charge in [-0.1, -0.05) is 32.0 Å². The summed E-state index contributed by atoms with van der Waals surface area (Å²) in [6.07, 6.45) is 0.722. The lowest BCUT2D eigenvalue weighted by Gasteiger charge is -1.95. The van der Waals surface area contributed by atoms with Crippen LogP contribution in [0.25, 0.3) is 0 Å². The number of nitrogen functional groups attached to an aromatic ring is 1. The Kier molecular flexibility index (Phi) is 6.43. The van der Waals surface area contributed by atoms with Gasteiger partial charge in [0, 0.05) is 12.1 Å². The van der Waals surface area contributed by atoms with Crippen LogP contribution in [0.1, 0.15) is 32.8 Å². The molecule has 0 unspecified atom stereocenters. The van der Waals surface area contributed by atoms with Crippen LogP contribution in [0, 0.1) is 12.8 Å². The molecule has 1 aromatic rings. The van der Waals surface area contributed by atoms with Crippen LogP contribution >= 0.6 is 0 Å². The smallest absolute Gasteiger partial charge is 0.130 e. The Morgan fingerprint density at radius 1 is 1.33 bits per heavy atom. The molecule has 0 atom stereocenters. The van der Waals surface area contributed by atoms with E-state index >= 15 is 0 Å². The summed E-state index contributed by atoms with van der Waals surface area (Å²) in [5.41, 5.74) is 7.53. The molecule has 15 heavy (non-hydrogen) atoms. The zero-order valence-corrected chi connectivity index (χ0v) is 10.1. The first-order valence-corrected chi connectivity index (χ1v) is 5.24. The maximum atomic E-state index is 10.3. The van der Waals surface area contributed by atoms with Gasteiger partial charge in [-0.15, -0.1) is 0 Å². The Morgan fingerprint density at radius 3 is 2.07 bits per heavy atom. The van der Waals surface area contributed by atoms with E-state index in [0.29, 0.717) is 5.92 Å². The fourth-order valence-electron chi connectivity index (χ4n) is 1.16. The van der Waals surface area contributed by atoms with E-state index in [4.69, 9.17) is 5.73 Å². The van der Waals surface area contributed by atoms with Crippen molar-refractivity contribution in [2.45, 2.75) is 34.1 Å². The highest BCUT2D eigenvalue weighted by molar-refractivity contribution is 5.75. The van der Waals surface area contributed by atoms with Crippen LogP contribution in [0.5, 0.6) is 0 Å². The second-order valence-corrected chi connectivity index (χ2v) is 4.16. The van der Waals surface area contributed by atoms with Gasteiger partial charge >= 0.3 is 0 Å². The molecule has 0 aromatic heterocycles. The van der Waals surface area contributed by atoms with Crippen LogP contribution in [-0.4, -0.2) is 5.78 Å². The molecule has 1 rings (SSSR count). The van der Waals surface area contributed by atoms with Gasteiger partial charge < -0.3 is 10.5 Å². The SMILES string of the molecule is CC(=O)CC(C)C.Cc1ccccc1N. The Labute approximate surface area is 92.5 Å². The van der Waals surface area contributed by atoms with Crippen LogP contribution in [-0.2, 0) is 4.79 Å². The van der Waals surface area contributed by atoms with Crippen molar-refractivity contribution >= 4 is 11.5 Å². The number of nitrogens with two attached hydrogens (primary N) is 1. The second kappa shape index (κ2) is 7.04. The maximum absolute atomic E-state index is 10.3. The standard InChI is InChI=1S/C7H9N.C6H12O/c1-6-4-2-3-5-7(6)8;1-5(2)4-6(3)7/h2-5H,8H2,1H3;5H,4H2,1-3H3. The minimum absolute atomic E-state index is 0.287. The third-order valence-electron chi connectivity index (χ3n) is 1.88. The van der Waals surface area contributed by atoms with E-state index < -0.39 is 0 Å². The van der Waals surface area contributed by atoms with Gasteiger partial charge in [-0.25, -0.2) is 0 Å². The van der Waals surface area contributed by atoms with Gasteiger partial charge in [0.05, 0.1) is 0 Å². The molecule has 0 saturated carbocycles. The monoisotopic (exact) mass is 207 g/mol. The van der Waals surface area contributed by atoms with Gasteiger partial charge in [-0.2, -0.15) is 0 Å². The van der Waals surface area contributed by atoms with E-state index in [1.165, 1.54) is 0 Å². The van der Waals surface area contributed by atoms with Crippen molar-refractivity contribution in [3.05, 3.63) is 29.8 Å². The fourth-order valence-corrected chi connectivity index (χ4v) is 1.16. The molecule has 0 bridgehead atoms. The minimum Gasteiger partial charge on any atom is -0.399 e. The van der Waals surface area contributed by atoms with Gasteiger partial charge in [-0.3, -0.25) is 0 Å². The summed E-state index contributed by atoms with van der Waals surface area (Å²) >= 11 is 0. The van der Waals surface area contributed by atoms with E-state index in [-0.39, 0.29) is 5.78 Å². The Morgan fingerprint density at radius 2 is 1.87 bits per heavy atom. The van der Waals surface area contributed by atoms with Crippen LogP contribution in [0.3, 0.4) is 0 Å². The highest BCUT2D eigenvalue weighted by atomic mass is 16.1. The molecule has 0 radical (unpaired) electrons. The number of Topliss-reactive ketones (excluding diaryl/α,β-unsaturated/α-hetero) is 1. The van der Waals surface area contributed by atoms with Crippen molar-refractivity contribution in [3.8, 4) is 0 Å². The van der Waals surface area contributed by atoms with E-state index in [0.717, 1.165) is 17.7 Å². The summed E-state index contributed by atoms with van der Waals surface area (Å²) in [4.78, 5) is 10.3. The van der Waals surface area contributed by atoms with Gasteiger partial charge in [0.1, 0.15) is 5.78 Å². The molecule has 0 spiro atoms. The summed E-state index contributed by atoms with van der Waals surface area (Å²) < 4.78 is 0. The van der Waals surface area contributed by atoms with Crippen molar-refractivity contribution in [1.29, 1.82) is 0 Å². The first-order chi connectivity index (χ1) is 6.93. The predicted molar refractivity (Wildman–Crippen MR) is 65.7 cm³/mol. The highest BCUT2D eigenvalue weighted by Gasteiger charge is 1.95. The number of rotatable bonds is 2. The lowest BCUT2D eigenvalue weighted by molar-refractivity contribution is -0.117. The largest absolute Gasteiger partial charge is 0.399 e. The molecule has 0 aliphatic rings. The molecular formula is C13H21NO. The van der Waals surface area contributed by atoms with Gasteiger partial charge in [0.2, 0.25) is 0 Å². The quantitative estimate of drug-likeness (QED) is 0.757. The summed E-state index contributed by atoms with van der Waals surface area (Å²) in [6, 6.07) is 7.80. The normalized spacial score (nSPS) is 9.40. The first kappa shape index (κ1) is 13.7. The average Bonchev–Trinajstić information content (AvgIpc) is 2.08. The molecule has 0 amide bonds. The van der Waals surface area contributed by atoms with Crippen LogP contribution in [0.2, 0.25) is 0 Å². The molecule has 2 heteroatoms. The third kappa shape index (κ3) is 7.74. The van der Waals surface area contributed by atoms with E-state index in [1.807, 2.05) is 45.0 Å². The number of hydrogen-bond acceptors (Lipinski definition) is 2. The van der Waals surface area contributed by atoms with Crippen LogP contribution in [0.15, 0.2) is 24.3 Å². The summed E-state index contributed by atoms with van der Waals surface area (Å²) in [5, 5.41) is 0. The highest BCUT2D eigenvalue weighted by Crippen LogP contribution is 2.06. The second-order valence-electron chi connectivity index (χ2n) is 4.16. The van der Waals surface area contributed by atoms with Crippen molar-refractivity contribution in [3.63, 3.8) is 0 Å². The number of benzene rings is 1. The van der Waals surface area contributed by atoms with Crippen LogP contribution in [0.4, 0.5) is 5.69 Å². The third-order valence-corrected chi connectivity index (χ3v) is 1.88. The zero-order valence-electron chi connectivity index (χ0n) is 10.1. The predicted octanol–water partition coefficient (Wildman–Crippen LogP) is 3.20. The molecule has 2 nitrogen and oxygen atoms in total. The number of ketones is 1. The number of para-hydroxylation sites is 1. The van der Waals surface area contributed by atoms with E-state index in [2.05, 4.69) is 0 Å². The average molecular weight is 207 g/mol. The van der Waals surface area contributed by atoms with Crippen molar-refractivity contribution < 1.29 is 4.79 Å². The molecule has 0 saturated heterocycles. The molecule has 1 aromatic carbocycles. The summed E-state index contributed by atoms with van der Waals surface area (Å²) in [5.74, 6) is 0.813. The Hall–Kier alpha value is -1.31. The molecule has 0 heterocycles. The zero-order chi connectivity index (χ0) is 11.8. The fraction of sp³-hybridized carbons (Fsp3) is 0.462. The van der Waals surface area contributed by atoms with Gasteiger partial charge in [-0.05, 0) is 31.4 Å². The number of carbonyl (C=O) groups is 1. The number of anilines is 1. The molecular weight excluding hydrogens is 186 g/mol. The molecule has 0 aliphatic carbocycles. The topological polar surface area (TPSA) is 43.1 Å². The van der Waals surface area contributed by atoms with Gasteiger partial charge in [0.25, 0.3) is 0 Å². The summed E-state index contributed by atoms with van der Waals surface area (Å²) in [7, 11) is 0. The molecule has 2 N–H and O–H groups in total. The van der Waals surface area contributed by atoms with Crippen molar-refractivity contribution in [2.75, 3.05) is 5.73 Å². The van der Waals surface area contributed by atoms with E-state index in [9.17, 15) is 4.79 Å². The Balaban J connectivity index is 0.000000265. The lowest BCUT2D eigenvalue weighted by Crippen LogP contribution is -1.95. The van der Waals surface area contributed by atoms with Crippen molar-refractivity contribution in [2.24, 2.45) is 5.92 Å². The first-order valence-electron chi connectivity index (χ1n) is 5.24. The molecule has 0 aliphatic heterocycles. The molecule has 0 fully saturated rings. The maximum Gasteiger partial charge on any atom is 0.130 e. The number of hydrogen-bond donors (Lipinski definition) is 1. The lowest BCUT2D eigenvalue weighted by atomic mass is 10.1. The number of carbonyl (C=O) groups excluding carboxylic acids is 1. The van der Waals surface area contributed by atoms with E-state index in [1.54, 1.807) is 6.92 Å². The number of aryl methyl sites for hydroxylation is 1. The Bertz CT molecular complexity index is 284. The van der Waals surface area contributed by atoms with Crippen LogP contribution < -0.4 is 5.73 Å². The minimum atomic E-state index is 0.287. The molecule has 84 valence electrons. The van der Waals surface area contributed by atoms with Gasteiger partial charge in [0.15, 0.2) is 0 Å². The van der Waals surface area contributed by atoms with Crippen molar-refractivity contribution in [1.82, 2.24) is 0 Å². The summed E-state index contributed by atoms with van der Waals surface area (Å²) in [6.45, 7) is 7.71.